The minimum atomic E-state index is -1.62. The number of unbranched alkanes of at least 4 members (excludes halogenated alkanes) is 1. The summed E-state index contributed by atoms with van der Waals surface area (Å²) in [6, 6.07) is 1.16. The van der Waals surface area contributed by atoms with E-state index in [-0.39, 0.29) is 43.9 Å². The second-order valence-electron chi connectivity index (χ2n) is 9.40. The molecule has 0 aliphatic heterocycles. The quantitative estimate of drug-likeness (QED) is 0.0443. The molecule has 0 fully saturated rings. The van der Waals surface area contributed by atoms with Gasteiger partial charge >= 0.3 is 5.97 Å². The van der Waals surface area contributed by atoms with E-state index in [1.165, 1.54) is 12.1 Å². The van der Waals surface area contributed by atoms with Crippen LogP contribution in [0.15, 0.2) is 29.3 Å². The first-order chi connectivity index (χ1) is 19.3. The van der Waals surface area contributed by atoms with Gasteiger partial charge in [-0.2, -0.15) is 0 Å². The Hall–Kier alpha value is -4.44. The van der Waals surface area contributed by atoms with Crippen LogP contribution in [0.25, 0.3) is 0 Å². The largest absolute Gasteiger partial charge is 0.508 e. The molecule has 0 radical (unpaired) electrons. The molecule has 1 aromatic rings. The third-order valence-electron chi connectivity index (χ3n) is 5.91. The molecule has 4 atom stereocenters. The van der Waals surface area contributed by atoms with Gasteiger partial charge in [0, 0.05) is 6.54 Å². The molecule has 228 valence electrons. The molecule has 4 amide bonds. The molecule has 0 aromatic heterocycles. The molecule has 16 nitrogen and oxygen atoms in total. The molecule has 0 heterocycles. The molecule has 41 heavy (non-hydrogen) atoms. The van der Waals surface area contributed by atoms with Crippen LogP contribution >= 0.6 is 0 Å². The predicted octanol–water partition coefficient (Wildman–Crippen LogP) is -3.14. The van der Waals surface area contributed by atoms with Crippen molar-refractivity contribution in [2.75, 3.05) is 13.1 Å². The molecule has 15 N–H and O–H groups in total. The topological polar surface area (TPSA) is 304 Å². The molecule has 1 aromatic carbocycles. The maximum absolute atomic E-state index is 13.3. The molecule has 16 heteroatoms. The Morgan fingerprint density at radius 2 is 1.34 bits per heavy atom. The average Bonchev–Trinajstić information content (AvgIpc) is 2.90. The number of guanidine groups is 1. The van der Waals surface area contributed by atoms with Crippen LogP contribution in [0.3, 0.4) is 0 Å². The number of nitrogens with one attached hydrogen (secondary N) is 3. The molecule has 0 saturated heterocycles. The minimum absolute atomic E-state index is 0.00109. The number of hydrogen-bond donors (Lipinski definition) is 10. The number of hydrogen-bond acceptors (Lipinski definition) is 9. The first kappa shape index (κ1) is 34.6. The number of aliphatic imine (C=N–C) groups is 1. The summed E-state index contributed by atoms with van der Waals surface area (Å²) >= 11 is 0. The third kappa shape index (κ3) is 14.0. The van der Waals surface area contributed by atoms with Gasteiger partial charge in [0.2, 0.25) is 23.6 Å². The molecule has 0 aliphatic carbocycles. The molecule has 4 unspecified atom stereocenters. The number of nitrogens with two attached hydrogens (primary N) is 5. The number of phenols is 1. The Kier molecular flexibility index (Phi) is 15.2. The van der Waals surface area contributed by atoms with Crippen LogP contribution in [0, 0.1) is 0 Å². The minimum Gasteiger partial charge on any atom is -0.508 e. The van der Waals surface area contributed by atoms with E-state index in [9.17, 15) is 34.2 Å². The summed E-state index contributed by atoms with van der Waals surface area (Å²) in [6.45, 7) is 0.476. The number of aromatic hydroxyl groups is 1. The summed E-state index contributed by atoms with van der Waals surface area (Å²) in [6.07, 6.45) is 0.926. The highest BCUT2D eigenvalue weighted by Crippen LogP contribution is 2.11. The first-order valence-corrected chi connectivity index (χ1v) is 13.0. The summed E-state index contributed by atoms with van der Waals surface area (Å²) in [5.74, 6) is -4.76. The number of amides is 4. The van der Waals surface area contributed by atoms with E-state index in [0.29, 0.717) is 24.9 Å². The zero-order valence-electron chi connectivity index (χ0n) is 22.8. The molecule has 0 spiro atoms. The molecule has 0 saturated carbocycles. The zero-order valence-corrected chi connectivity index (χ0v) is 22.8. The van der Waals surface area contributed by atoms with Crippen LogP contribution in [-0.4, -0.2) is 83.0 Å². The lowest BCUT2D eigenvalue weighted by Crippen LogP contribution is -2.57. The molecular weight excluding hydrogens is 538 g/mol. The number of benzene rings is 1. The van der Waals surface area contributed by atoms with E-state index in [2.05, 4.69) is 20.9 Å². The van der Waals surface area contributed by atoms with Crippen molar-refractivity contribution in [2.45, 2.75) is 69.1 Å². The maximum Gasteiger partial charge on any atom is 0.326 e. The maximum atomic E-state index is 13.3. The number of aliphatic carboxylic acids is 1. The summed E-state index contributed by atoms with van der Waals surface area (Å²) in [5.41, 5.74) is 28.0. The highest BCUT2D eigenvalue weighted by atomic mass is 16.4. The number of carboxylic acids is 1. The summed E-state index contributed by atoms with van der Waals surface area (Å²) in [4.78, 5) is 65.7. The number of primary amides is 1. The van der Waals surface area contributed by atoms with Crippen molar-refractivity contribution in [1.82, 2.24) is 16.0 Å². The number of carbonyl (C=O) groups excluding carboxylic acids is 4. The SMILES string of the molecule is NCCCCC(NC(=O)C(N)Cc1ccc(O)cc1)C(=O)NC(CCCN=C(N)N)C(=O)NC(CC(N)=O)C(=O)O. The molecular formula is C25H41N9O7. The average molecular weight is 580 g/mol. The van der Waals surface area contributed by atoms with E-state index in [0.717, 1.165) is 0 Å². The van der Waals surface area contributed by atoms with E-state index < -0.39 is 60.2 Å². The fraction of sp³-hybridized carbons (Fsp3) is 0.520. The van der Waals surface area contributed by atoms with Gasteiger partial charge in [0.15, 0.2) is 5.96 Å². The van der Waals surface area contributed by atoms with E-state index in [1.807, 2.05) is 0 Å². The first-order valence-electron chi connectivity index (χ1n) is 13.0. The van der Waals surface area contributed by atoms with Crippen molar-refractivity contribution in [3.63, 3.8) is 0 Å². The van der Waals surface area contributed by atoms with Crippen molar-refractivity contribution >= 4 is 35.6 Å². The Balaban J connectivity index is 3.05. The smallest absolute Gasteiger partial charge is 0.326 e. The van der Waals surface area contributed by atoms with E-state index >= 15 is 0 Å². The summed E-state index contributed by atoms with van der Waals surface area (Å²) < 4.78 is 0. The van der Waals surface area contributed by atoms with Gasteiger partial charge in [0.05, 0.1) is 12.5 Å². The lowest BCUT2D eigenvalue weighted by atomic mass is 10.0. The van der Waals surface area contributed by atoms with Gasteiger partial charge in [0.25, 0.3) is 0 Å². The number of carboxylic acid groups (broad SMARTS) is 1. The van der Waals surface area contributed by atoms with E-state index in [1.54, 1.807) is 12.1 Å². The Morgan fingerprint density at radius 1 is 0.805 bits per heavy atom. The fourth-order valence-electron chi connectivity index (χ4n) is 3.74. The van der Waals surface area contributed by atoms with Gasteiger partial charge in [0.1, 0.15) is 23.9 Å². The lowest BCUT2D eigenvalue weighted by molar-refractivity contribution is -0.143. The Labute approximate surface area is 237 Å². The lowest BCUT2D eigenvalue weighted by Gasteiger charge is -2.25. The Morgan fingerprint density at radius 3 is 1.85 bits per heavy atom. The van der Waals surface area contributed by atoms with Crippen LogP contribution in [0.2, 0.25) is 0 Å². The van der Waals surface area contributed by atoms with Crippen LogP contribution in [-0.2, 0) is 30.4 Å². The number of rotatable bonds is 19. The van der Waals surface area contributed by atoms with Crippen LogP contribution in [0.4, 0.5) is 0 Å². The predicted molar refractivity (Wildman–Crippen MR) is 150 cm³/mol. The zero-order chi connectivity index (χ0) is 30.9. The molecule has 0 aliphatic rings. The Bertz CT molecular complexity index is 1060. The van der Waals surface area contributed by atoms with Crippen molar-refractivity contribution < 1.29 is 34.2 Å². The second kappa shape index (κ2) is 18.0. The van der Waals surface area contributed by atoms with Crippen molar-refractivity contribution in [3.8, 4) is 5.75 Å². The van der Waals surface area contributed by atoms with Crippen molar-refractivity contribution in [2.24, 2.45) is 33.7 Å². The molecule has 0 bridgehead atoms. The van der Waals surface area contributed by atoms with E-state index in [4.69, 9.17) is 28.7 Å². The molecule has 1 rings (SSSR count). The fourth-order valence-corrected chi connectivity index (χ4v) is 3.74. The van der Waals surface area contributed by atoms with Gasteiger partial charge in [-0.25, -0.2) is 4.79 Å². The summed E-state index contributed by atoms with van der Waals surface area (Å²) in [5, 5.41) is 26.2. The van der Waals surface area contributed by atoms with Crippen molar-refractivity contribution in [3.05, 3.63) is 29.8 Å². The normalized spacial score (nSPS) is 13.6. The monoisotopic (exact) mass is 579 g/mol. The van der Waals surface area contributed by atoms with Gasteiger partial charge < -0.3 is 54.8 Å². The number of carbonyl (C=O) groups is 5. The van der Waals surface area contributed by atoms with Crippen LogP contribution in [0.1, 0.15) is 44.1 Å². The number of phenolic OH excluding ortho intramolecular Hbond substituents is 1. The summed E-state index contributed by atoms with van der Waals surface area (Å²) in [7, 11) is 0. The van der Waals surface area contributed by atoms with Crippen LogP contribution in [0.5, 0.6) is 5.75 Å². The van der Waals surface area contributed by atoms with Gasteiger partial charge in [-0.05, 0) is 62.8 Å². The van der Waals surface area contributed by atoms with Gasteiger partial charge in [-0.15, -0.1) is 0 Å². The third-order valence-corrected chi connectivity index (χ3v) is 5.91. The number of nitrogens with zero attached hydrogens (tertiary/aromatic N) is 1. The van der Waals surface area contributed by atoms with Crippen molar-refractivity contribution in [1.29, 1.82) is 0 Å². The highest BCUT2D eigenvalue weighted by Gasteiger charge is 2.30. The standard InChI is InChI=1S/C25H41N9O7/c26-10-2-1-4-17(32-21(37)16(27)12-14-6-8-15(35)9-7-14)22(38)33-18(5-3-11-31-25(29)30)23(39)34-19(24(40)41)13-20(28)36/h6-9,16-19,35H,1-5,10-13,26-27H2,(H2,28,36)(H,32,37)(H,33,38)(H,34,39)(H,40,41)(H4,29,30,31). The highest BCUT2D eigenvalue weighted by molar-refractivity contribution is 5.94. The van der Waals surface area contributed by atoms with Gasteiger partial charge in [-0.1, -0.05) is 12.1 Å². The van der Waals surface area contributed by atoms with Gasteiger partial charge in [-0.3, -0.25) is 24.2 Å². The second-order valence-corrected chi connectivity index (χ2v) is 9.40. The van der Waals surface area contributed by atoms with Crippen LogP contribution < -0.4 is 44.6 Å².